The second-order valence-corrected chi connectivity index (χ2v) is 11.7. The quantitative estimate of drug-likeness (QED) is 0.614. The Balaban J connectivity index is 1.59. The Kier molecular flexibility index (Phi) is 7.30. The number of carbonyl (C=O) groups excluding carboxylic acids is 1. The Labute approximate surface area is 188 Å². The molecule has 3 rings (SSSR count). The molecule has 0 unspecified atom stereocenters. The molecular weight excluding hydrogens is 454 g/mol. The maximum Gasteiger partial charge on any atom is 0.244 e. The van der Waals surface area contributed by atoms with Crippen molar-refractivity contribution in [1.29, 1.82) is 0 Å². The van der Waals surface area contributed by atoms with Crippen molar-refractivity contribution < 1.29 is 21.6 Å². The van der Waals surface area contributed by atoms with E-state index in [9.17, 15) is 21.6 Å². The van der Waals surface area contributed by atoms with Crippen LogP contribution in [-0.4, -0.2) is 88.1 Å². The number of amides is 1. The number of hydrogen-bond donors (Lipinski definition) is 1. The lowest BCUT2D eigenvalue weighted by atomic mass is 10.2. The first-order valence-electron chi connectivity index (χ1n) is 9.97. The van der Waals surface area contributed by atoms with Crippen molar-refractivity contribution in [2.24, 2.45) is 0 Å². The Morgan fingerprint density at radius 3 is 2.38 bits per heavy atom. The van der Waals surface area contributed by atoms with Crippen molar-refractivity contribution in [3.8, 4) is 0 Å². The number of benzene rings is 1. The first kappa shape index (κ1) is 24.3. The Hall–Kier alpha value is -2.38. The lowest BCUT2D eigenvalue weighted by Gasteiger charge is -2.33. The molecule has 0 saturated carbocycles. The average molecular weight is 482 g/mol. The molecule has 1 saturated heterocycles. The van der Waals surface area contributed by atoms with Crippen LogP contribution < -0.4 is 5.32 Å². The molecule has 1 aromatic heterocycles. The van der Waals surface area contributed by atoms with Gasteiger partial charge in [-0.15, -0.1) is 0 Å². The molecule has 0 bridgehead atoms. The van der Waals surface area contributed by atoms with Gasteiger partial charge in [-0.25, -0.2) is 21.1 Å². The second kappa shape index (κ2) is 9.63. The molecule has 0 radical (unpaired) electrons. The number of aryl methyl sites for hydroxylation is 1. The minimum atomic E-state index is -3.63. The highest BCUT2D eigenvalue weighted by Gasteiger charge is 2.29. The van der Waals surface area contributed by atoms with E-state index in [4.69, 9.17) is 0 Å². The summed E-state index contributed by atoms with van der Waals surface area (Å²) in [6.07, 6.45) is 2.84. The van der Waals surface area contributed by atoms with Gasteiger partial charge < -0.3 is 5.32 Å². The molecule has 1 aliphatic heterocycles. The molecule has 1 N–H and O–H groups in total. The van der Waals surface area contributed by atoms with Gasteiger partial charge >= 0.3 is 0 Å². The summed E-state index contributed by atoms with van der Waals surface area (Å²) in [5.74, 6) is -0.300. The predicted octanol–water partition coefficient (Wildman–Crippen LogP) is 0.585. The third kappa shape index (κ3) is 5.33. The van der Waals surface area contributed by atoms with Crippen LogP contribution in [0.1, 0.15) is 5.56 Å². The minimum Gasteiger partial charge on any atom is -0.325 e. The number of anilines is 1. The van der Waals surface area contributed by atoms with Crippen LogP contribution in [-0.2, 0) is 24.8 Å². The highest BCUT2D eigenvalue weighted by Crippen LogP contribution is 2.22. The molecule has 0 atom stereocenters. The average Bonchev–Trinajstić information content (AvgIpc) is 2.76. The zero-order chi connectivity index (χ0) is 23.5. The second-order valence-electron chi connectivity index (χ2n) is 7.68. The summed E-state index contributed by atoms with van der Waals surface area (Å²) in [6, 6.07) is 7.83. The van der Waals surface area contributed by atoms with E-state index in [1.165, 1.54) is 42.9 Å². The van der Waals surface area contributed by atoms with E-state index in [1.807, 2.05) is 4.90 Å². The van der Waals surface area contributed by atoms with Crippen molar-refractivity contribution >= 4 is 31.6 Å². The fourth-order valence-electron chi connectivity index (χ4n) is 3.33. The molecule has 0 aliphatic carbocycles. The molecule has 10 nitrogen and oxygen atoms in total. The van der Waals surface area contributed by atoms with Crippen LogP contribution in [0.2, 0.25) is 0 Å². The van der Waals surface area contributed by atoms with Crippen molar-refractivity contribution in [2.75, 3.05) is 52.1 Å². The minimum absolute atomic E-state index is 0.0738. The Morgan fingerprint density at radius 2 is 1.78 bits per heavy atom. The fraction of sp³-hybridized carbons (Fsp3) is 0.400. The summed E-state index contributed by atoms with van der Waals surface area (Å²) in [6.45, 7) is 3.11. The van der Waals surface area contributed by atoms with E-state index in [0.717, 1.165) is 4.31 Å². The number of nitrogens with zero attached hydrogens (tertiary/aromatic N) is 4. The zero-order valence-electron chi connectivity index (χ0n) is 18.2. The van der Waals surface area contributed by atoms with Gasteiger partial charge in [0.2, 0.25) is 26.0 Å². The van der Waals surface area contributed by atoms with E-state index < -0.39 is 20.0 Å². The molecule has 1 fully saturated rings. The normalized spacial score (nSPS) is 16.2. The number of carbonyl (C=O) groups is 1. The molecule has 174 valence electrons. The number of piperazine rings is 1. The van der Waals surface area contributed by atoms with Gasteiger partial charge in [0.25, 0.3) is 0 Å². The van der Waals surface area contributed by atoms with E-state index in [0.29, 0.717) is 24.3 Å². The highest BCUT2D eigenvalue weighted by atomic mass is 32.2. The smallest absolute Gasteiger partial charge is 0.244 e. The van der Waals surface area contributed by atoms with Gasteiger partial charge in [0, 0.05) is 58.4 Å². The van der Waals surface area contributed by atoms with E-state index in [1.54, 1.807) is 25.1 Å². The Bertz CT molecular complexity index is 1180. The summed E-state index contributed by atoms with van der Waals surface area (Å²) in [5, 5.41) is 2.73. The molecular formula is C20H27N5O5S2. The molecule has 0 spiro atoms. The Morgan fingerprint density at radius 1 is 1.09 bits per heavy atom. The molecule has 2 heterocycles. The van der Waals surface area contributed by atoms with Crippen molar-refractivity contribution in [3.05, 3.63) is 48.3 Å². The molecule has 2 aromatic rings. The maximum absolute atomic E-state index is 12.7. The van der Waals surface area contributed by atoms with Crippen LogP contribution in [0.25, 0.3) is 0 Å². The van der Waals surface area contributed by atoms with Crippen molar-refractivity contribution in [1.82, 2.24) is 18.5 Å². The van der Waals surface area contributed by atoms with Gasteiger partial charge in [-0.3, -0.25) is 14.7 Å². The van der Waals surface area contributed by atoms with Gasteiger partial charge in [-0.1, -0.05) is 6.07 Å². The molecule has 1 aromatic carbocycles. The van der Waals surface area contributed by atoms with E-state index in [-0.39, 0.29) is 35.3 Å². The summed E-state index contributed by atoms with van der Waals surface area (Å²) in [5.41, 5.74) is 0.974. The molecule has 32 heavy (non-hydrogen) atoms. The monoisotopic (exact) mass is 481 g/mol. The third-order valence-corrected chi connectivity index (χ3v) is 9.04. The maximum atomic E-state index is 12.7. The lowest BCUT2D eigenvalue weighted by molar-refractivity contribution is -0.117. The van der Waals surface area contributed by atoms with Gasteiger partial charge in [0.15, 0.2) is 0 Å². The van der Waals surface area contributed by atoms with Crippen LogP contribution in [0.5, 0.6) is 0 Å². The number of sulfonamides is 2. The van der Waals surface area contributed by atoms with Crippen LogP contribution in [0.3, 0.4) is 0 Å². The fourth-order valence-corrected chi connectivity index (χ4v) is 5.86. The predicted molar refractivity (Wildman–Crippen MR) is 120 cm³/mol. The zero-order valence-corrected chi connectivity index (χ0v) is 19.9. The number of hydrogen-bond acceptors (Lipinski definition) is 7. The molecule has 1 amide bonds. The topological polar surface area (TPSA) is 120 Å². The van der Waals surface area contributed by atoms with Crippen LogP contribution in [0, 0.1) is 6.92 Å². The van der Waals surface area contributed by atoms with E-state index >= 15 is 0 Å². The van der Waals surface area contributed by atoms with Crippen molar-refractivity contribution in [3.63, 3.8) is 0 Å². The standard InChI is InChI=1S/C20H27N5O5S2/c1-16-6-7-17(13-19(16)32(29,30)23(2)3)22-20(26)15-24-9-11-25(12-10-24)31(27,28)18-5-4-8-21-14-18/h4-8,13-14H,9-12,15H2,1-3H3,(H,22,26). The van der Waals surface area contributed by atoms with Crippen LogP contribution in [0.15, 0.2) is 52.5 Å². The molecule has 12 heteroatoms. The molecule has 1 aliphatic rings. The van der Waals surface area contributed by atoms with Gasteiger partial charge in [-0.2, -0.15) is 4.31 Å². The SMILES string of the molecule is Cc1ccc(NC(=O)CN2CCN(S(=O)(=O)c3cccnc3)CC2)cc1S(=O)(=O)N(C)C. The van der Waals surface area contributed by atoms with Gasteiger partial charge in [0.05, 0.1) is 11.4 Å². The van der Waals surface area contributed by atoms with E-state index in [2.05, 4.69) is 10.3 Å². The van der Waals surface area contributed by atoms with Gasteiger partial charge in [-0.05, 0) is 36.8 Å². The van der Waals surface area contributed by atoms with Crippen molar-refractivity contribution in [2.45, 2.75) is 16.7 Å². The summed E-state index contributed by atoms with van der Waals surface area (Å²) in [4.78, 5) is 18.5. The number of pyridine rings is 1. The third-order valence-electron chi connectivity index (χ3n) is 5.20. The summed E-state index contributed by atoms with van der Waals surface area (Å²) in [7, 11) is -4.34. The largest absolute Gasteiger partial charge is 0.325 e. The number of nitrogens with one attached hydrogen (secondary N) is 1. The highest BCUT2D eigenvalue weighted by molar-refractivity contribution is 7.89. The van der Waals surface area contributed by atoms with Crippen LogP contribution in [0.4, 0.5) is 5.69 Å². The first-order valence-corrected chi connectivity index (χ1v) is 12.9. The van der Waals surface area contributed by atoms with Crippen LogP contribution >= 0.6 is 0 Å². The lowest BCUT2D eigenvalue weighted by Crippen LogP contribution is -2.50. The summed E-state index contributed by atoms with van der Waals surface area (Å²) < 4.78 is 52.8. The number of rotatable bonds is 7. The summed E-state index contributed by atoms with van der Waals surface area (Å²) >= 11 is 0. The first-order chi connectivity index (χ1) is 15.0. The van der Waals surface area contributed by atoms with Gasteiger partial charge in [0.1, 0.15) is 4.90 Å². The number of aromatic nitrogens is 1.